The number of carbonyl (C=O) groups excluding carboxylic acids is 2. The lowest BCUT2D eigenvalue weighted by molar-refractivity contribution is -0.201. The van der Waals surface area contributed by atoms with E-state index in [-0.39, 0.29) is 0 Å². The van der Waals surface area contributed by atoms with Crippen molar-refractivity contribution >= 4 is 46.9 Å². The van der Waals surface area contributed by atoms with Crippen LogP contribution in [0, 0.1) is 0 Å². The molecule has 0 saturated carbocycles. The van der Waals surface area contributed by atoms with Crippen molar-refractivity contribution < 1.29 is 34.1 Å². The summed E-state index contributed by atoms with van der Waals surface area (Å²) in [5, 5.41) is 23.8. The molecule has 0 unspecified atom stereocenters. The van der Waals surface area contributed by atoms with Gasteiger partial charge >= 0.3 is 11.9 Å². The summed E-state index contributed by atoms with van der Waals surface area (Å²) >= 11 is 2.43. The summed E-state index contributed by atoms with van der Waals surface area (Å²) in [6, 6.07) is 0.443. The first-order valence-corrected chi connectivity index (χ1v) is 9.74. The highest BCUT2D eigenvalue weighted by molar-refractivity contribution is 8.01. The zero-order valence-electron chi connectivity index (χ0n) is 14.7. The van der Waals surface area contributed by atoms with Gasteiger partial charge < -0.3 is 25.2 Å². The zero-order chi connectivity index (χ0) is 20.1. The number of amides is 2. The van der Waals surface area contributed by atoms with Gasteiger partial charge in [-0.25, -0.2) is 4.79 Å². The second kappa shape index (κ2) is 6.50. The maximum Gasteiger partial charge on any atom is 0.327 e. The van der Waals surface area contributed by atoms with Gasteiger partial charge in [0.05, 0.1) is 0 Å². The first-order chi connectivity index (χ1) is 12.6. The summed E-state index contributed by atoms with van der Waals surface area (Å²) in [6.45, 7) is 3.38. The highest BCUT2D eigenvalue weighted by Gasteiger charge is 2.73. The quantitative estimate of drug-likeness (QED) is 0.349. The Balaban J connectivity index is 1.89. The van der Waals surface area contributed by atoms with Gasteiger partial charge in [0.15, 0.2) is 5.92 Å². The van der Waals surface area contributed by atoms with E-state index in [0.29, 0.717) is 5.56 Å². The number of aliphatic carboxylic acids is 2. The van der Waals surface area contributed by atoms with Crippen molar-refractivity contribution in [3.8, 4) is 0 Å². The lowest BCUT2D eigenvalue weighted by atomic mass is 9.92. The van der Waals surface area contributed by atoms with Gasteiger partial charge in [-0.05, 0) is 36.2 Å². The molecule has 2 aliphatic heterocycles. The Kier molecular flexibility index (Phi) is 4.73. The minimum atomic E-state index is -1.80. The molecule has 3 heterocycles. The van der Waals surface area contributed by atoms with Crippen LogP contribution in [-0.4, -0.2) is 67.9 Å². The van der Waals surface area contributed by atoms with Gasteiger partial charge in [-0.1, -0.05) is 0 Å². The Bertz CT molecular complexity index is 810. The lowest BCUT2D eigenvalue weighted by Gasteiger charge is -2.51. The third kappa shape index (κ3) is 2.80. The van der Waals surface area contributed by atoms with Gasteiger partial charge in [0.25, 0.3) is 11.6 Å². The van der Waals surface area contributed by atoms with Gasteiger partial charge in [-0.3, -0.25) is 14.4 Å². The fourth-order valence-corrected chi connectivity index (χ4v) is 5.84. The summed E-state index contributed by atoms with van der Waals surface area (Å²) < 4.78 is 4.50. The van der Waals surface area contributed by atoms with E-state index in [1.54, 1.807) is 24.6 Å². The monoisotopic (exact) mass is 414 g/mol. The van der Waals surface area contributed by atoms with Crippen molar-refractivity contribution in [3.63, 3.8) is 0 Å². The Morgan fingerprint density at radius 2 is 2.00 bits per heavy atom. The number of carboxylic acid groups (broad SMARTS) is 2. The Morgan fingerprint density at radius 1 is 1.33 bits per heavy atom. The van der Waals surface area contributed by atoms with Crippen molar-refractivity contribution in [3.05, 3.63) is 22.4 Å². The number of nitrogens with zero attached hydrogens (tertiary/aromatic N) is 1. The van der Waals surface area contributed by atoms with Crippen LogP contribution >= 0.6 is 23.1 Å². The molecule has 2 fully saturated rings. The number of carbonyl (C=O) groups is 4. The maximum absolute atomic E-state index is 12.8. The number of fused-ring (bicyclic) bond motifs is 1. The summed E-state index contributed by atoms with van der Waals surface area (Å²) in [5.74, 6) is -5.61. The Labute approximate surface area is 162 Å². The van der Waals surface area contributed by atoms with Crippen molar-refractivity contribution in [2.45, 2.75) is 41.7 Å². The molecule has 1 aromatic heterocycles. The average Bonchev–Trinajstić information content (AvgIpc) is 3.16. The number of rotatable bonds is 6. The van der Waals surface area contributed by atoms with Crippen molar-refractivity contribution in [2.24, 2.45) is 0 Å². The van der Waals surface area contributed by atoms with Crippen LogP contribution in [-0.2, 0) is 23.9 Å². The molecule has 0 bridgehead atoms. The molecule has 4 atom stereocenters. The van der Waals surface area contributed by atoms with Crippen LogP contribution in [0.2, 0.25) is 0 Å². The molecule has 9 nitrogen and oxygen atoms in total. The molecule has 2 aliphatic rings. The molecule has 0 spiro atoms. The number of thioether (sulfide) groups is 1. The molecule has 0 radical (unpaired) electrons. The third-order valence-electron chi connectivity index (χ3n) is 4.76. The largest absolute Gasteiger partial charge is 0.480 e. The summed E-state index contributed by atoms with van der Waals surface area (Å²) in [7, 11) is 1.22. The molecular formula is C16H18N2O7S2. The Hall–Kier alpha value is -2.11. The average molecular weight is 414 g/mol. The molecule has 0 aromatic carbocycles. The zero-order valence-corrected chi connectivity index (χ0v) is 16.3. The van der Waals surface area contributed by atoms with Gasteiger partial charge in [-0.2, -0.15) is 11.3 Å². The van der Waals surface area contributed by atoms with Crippen LogP contribution < -0.4 is 5.32 Å². The summed E-state index contributed by atoms with van der Waals surface area (Å²) in [6.07, 6.45) is 0. The topological polar surface area (TPSA) is 133 Å². The molecule has 11 heteroatoms. The van der Waals surface area contributed by atoms with Crippen LogP contribution in [0.5, 0.6) is 0 Å². The second-order valence-corrected chi connectivity index (χ2v) is 9.30. The number of carboxylic acids is 2. The number of ether oxygens (including phenoxy) is 1. The van der Waals surface area contributed by atoms with Crippen molar-refractivity contribution in [1.29, 1.82) is 0 Å². The molecular weight excluding hydrogens is 396 g/mol. The predicted octanol–water partition coefficient (Wildman–Crippen LogP) is 0.522. The maximum atomic E-state index is 12.8. The number of methoxy groups -OCH3 is 1. The van der Waals surface area contributed by atoms with Crippen LogP contribution in [0.1, 0.15) is 25.3 Å². The van der Waals surface area contributed by atoms with Crippen LogP contribution in [0.15, 0.2) is 16.8 Å². The van der Waals surface area contributed by atoms with E-state index < -0.39 is 51.6 Å². The molecule has 3 N–H and O–H groups in total. The fourth-order valence-electron chi connectivity index (χ4n) is 3.48. The SMILES string of the molecule is CO[C@]1(NC(=O)[C@H](C(=O)O)c2ccsc2)C(=O)N2[C@@H](C(=O)O)C(C)(C)S[C@@H]21. The number of β-lactam (4-membered cyclic amide) rings is 1. The smallest absolute Gasteiger partial charge is 0.327 e. The number of hydrogen-bond donors (Lipinski definition) is 3. The van der Waals surface area contributed by atoms with Gasteiger partial charge in [0, 0.05) is 11.9 Å². The Morgan fingerprint density at radius 3 is 2.48 bits per heavy atom. The molecule has 0 aliphatic carbocycles. The van der Waals surface area contributed by atoms with E-state index in [0.717, 1.165) is 4.90 Å². The normalized spacial score (nSPS) is 29.6. The van der Waals surface area contributed by atoms with E-state index >= 15 is 0 Å². The van der Waals surface area contributed by atoms with Gasteiger partial charge in [0.2, 0.25) is 5.91 Å². The first-order valence-electron chi connectivity index (χ1n) is 7.92. The van der Waals surface area contributed by atoms with Crippen LogP contribution in [0.4, 0.5) is 0 Å². The molecule has 2 amide bonds. The minimum Gasteiger partial charge on any atom is -0.480 e. The minimum absolute atomic E-state index is 0.294. The van der Waals surface area contributed by atoms with E-state index in [9.17, 15) is 29.4 Å². The summed E-state index contributed by atoms with van der Waals surface area (Å²) in [5.41, 5.74) is -1.50. The van der Waals surface area contributed by atoms with Crippen molar-refractivity contribution in [1.82, 2.24) is 10.2 Å². The number of nitrogens with one attached hydrogen (secondary N) is 1. The molecule has 27 heavy (non-hydrogen) atoms. The van der Waals surface area contributed by atoms with Gasteiger partial charge in [-0.15, -0.1) is 11.8 Å². The van der Waals surface area contributed by atoms with Crippen LogP contribution in [0.25, 0.3) is 0 Å². The molecule has 2 saturated heterocycles. The lowest BCUT2D eigenvalue weighted by Crippen LogP contribution is -2.80. The number of hydrogen-bond acceptors (Lipinski definition) is 7. The van der Waals surface area contributed by atoms with E-state index in [1.165, 1.54) is 36.3 Å². The van der Waals surface area contributed by atoms with Crippen molar-refractivity contribution in [2.75, 3.05) is 7.11 Å². The van der Waals surface area contributed by atoms with Crippen LogP contribution in [0.3, 0.4) is 0 Å². The standard InChI is InChI=1S/C16H18N2O7S2/c1-15(2)9(12(22)23)18-13(24)16(25-3,14(18)27-15)17-10(19)8(11(20)21)7-4-5-26-6-7/h4-6,8-9,14H,1-3H3,(H,17,19)(H,20,21)(H,22,23)/t8-,9+,14-,16-/m1/s1. The highest BCUT2D eigenvalue weighted by Crippen LogP contribution is 2.55. The van der Waals surface area contributed by atoms with E-state index in [2.05, 4.69) is 5.32 Å². The molecule has 3 rings (SSSR count). The molecule has 1 aromatic rings. The predicted molar refractivity (Wildman–Crippen MR) is 96.3 cm³/mol. The van der Waals surface area contributed by atoms with E-state index in [4.69, 9.17) is 4.74 Å². The fraction of sp³-hybridized carbons (Fsp3) is 0.500. The first kappa shape index (κ1) is 19.6. The number of thiophene rings is 1. The third-order valence-corrected chi connectivity index (χ3v) is 7.07. The second-order valence-electron chi connectivity index (χ2n) is 6.78. The highest BCUT2D eigenvalue weighted by atomic mass is 32.2. The molecule has 146 valence electrons. The summed E-state index contributed by atoms with van der Waals surface area (Å²) in [4.78, 5) is 49.9. The van der Waals surface area contributed by atoms with E-state index in [1.807, 2.05) is 0 Å². The van der Waals surface area contributed by atoms with Gasteiger partial charge in [0.1, 0.15) is 11.4 Å².